The third-order valence-electron chi connectivity index (χ3n) is 1.92. The van der Waals surface area contributed by atoms with Crippen molar-refractivity contribution in [3.63, 3.8) is 0 Å². The highest BCUT2D eigenvalue weighted by atomic mass is 16.5. The summed E-state index contributed by atoms with van der Waals surface area (Å²) in [4.78, 5) is 11.3. The van der Waals surface area contributed by atoms with Crippen LogP contribution in [-0.2, 0) is 16.1 Å². The number of rotatable bonds is 6. The third kappa shape index (κ3) is 4.39. The number of carbonyl (C=O) groups is 1. The molecule has 1 amide bonds. The Labute approximate surface area is 94.2 Å². The zero-order chi connectivity index (χ0) is 11.8. The van der Waals surface area contributed by atoms with Crippen LogP contribution >= 0.6 is 0 Å². The van der Waals surface area contributed by atoms with E-state index in [4.69, 9.17) is 15.6 Å². The number of carbonyl (C=O) groups excluding carboxylic acids is 1. The first-order valence-corrected chi connectivity index (χ1v) is 5.03. The highest BCUT2D eigenvalue weighted by Gasteiger charge is 2.01. The molecule has 0 aliphatic rings. The topological polar surface area (TPSA) is 84.6 Å². The van der Waals surface area contributed by atoms with Gasteiger partial charge >= 0.3 is 0 Å². The van der Waals surface area contributed by atoms with Gasteiger partial charge in [-0.1, -0.05) is 12.1 Å². The number of anilines is 1. The van der Waals surface area contributed by atoms with Crippen molar-refractivity contribution in [2.75, 3.05) is 25.1 Å². The molecule has 1 aromatic carbocycles. The highest BCUT2D eigenvalue weighted by molar-refractivity contribution is 5.91. The van der Waals surface area contributed by atoms with Gasteiger partial charge in [-0.2, -0.15) is 0 Å². The molecule has 0 spiro atoms. The molecule has 0 saturated heterocycles. The molecule has 1 rings (SSSR count). The van der Waals surface area contributed by atoms with Gasteiger partial charge in [0.25, 0.3) is 0 Å². The van der Waals surface area contributed by atoms with Crippen molar-refractivity contribution in [3.8, 4) is 0 Å². The van der Waals surface area contributed by atoms with E-state index in [1.54, 1.807) is 24.3 Å². The predicted octanol–water partition coefficient (Wildman–Crippen LogP) is 0.0927. The number of aliphatic hydroxyl groups excluding tert-OH is 1. The van der Waals surface area contributed by atoms with Crippen LogP contribution in [-0.4, -0.2) is 30.8 Å². The second-order valence-electron chi connectivity index (χ2n) is 3.24. The number of hydrogen-bond donors (Lipinski definition) is 3. The molecule has 0 aliphatic carbocycles. The van der Waals surface area contributed by atoms with Crippen LogP contribution in [0.3, 0.4) is 0 Å². The lowest BCUT2D eigenvalue weighted by molar-refractivity contribution is -0.120. The Morgan fingerprint density at radius 2 is 2.06 bits per heavy atom. The second-order valence-corrected chi connectivity index (χ2v) is 3.24. The highest BCUT2D eigenvalue weighted by Crippen LogP contribution is 2.09. The molecule has 0 aliphatic heterocycles. The van der Waals surface area contributed by atoms with Gasteiger partial charge in [0, 0.05) is 12.2 Å². The summed E-state index contributed by atoms with van der Waals surface area (Å²) in [6.45, 7) is 0.766. The SMILES string of the molecule is NCCOCC(=O)Nc1ccc(CO)cc1. The molecule has 0 unspecified atom stereocenters. The van der Waals surface area contributed by atoms with Gasteiger partial charge in [-0.25, -0.2) is 0 Å². The Balaban J connectivity index is 2.37. The van der Waals surface area contributed by atoms with Crippen LogP contribution in [0.2, 0.25) is 0 Å². The molecule has 5 nitrogen and oxygen atoms in total. The second kappa shape index (κ2) is 6.95. The van der Waals surface area contributed by atoms with E-state index in [2.05, 4.69) is 5.32 Å². The van der Waals surface area contributed by atoms with Crippen LogP contribution in [0.15, 0.2) is 24.3 Å². The fourth-order valence-electron chi connectivity index (χ4n) is 1.14. The summed E-state index contributed by atoms with van der Waals surface area (Å²) < 4.78 is 4.98. The molecule has 4 N–H and O–H groups in total. The van der Waals surface area contributed by atoms with Gasteiger partial charge in [0.2, 0.25) is 5.91 Å². The van der Waals surface area contributed by atoms with Gasteiger partial charge in [-0.15, -0.1) is 0 Å². The summed E-state index contributed by atoms with van der Waals surface area (Å²) in [5, 5.41) is 11.5. The molecule has 0 heterocycles. The zero-order valence-corrected chi connectivity index (χ0v) is 8.98. The lowest BCUT2D eigenvalue weighted by atomic mass is 10.2. The number of ether oxygens (including phenoxy) is 1. The quantitative estimate of drug-likeness (QED) is 0.598. The molecule has 16 heavy (non-hydrogen) atoms. The van der Waals surface area contributed by atoms with Crippen molar-refractivity contribution in [1.82, 2.24) is 0 Å². The van der Waals surface area contributed by atoms with E-state index < -0.39 is 0 Å². The van der Waals surface area contributed by atoms with Gasteiger partial charge in [-0.3, -0.25) is 4.79 Å². The maximum Gasteiger partial charge on any atom is 0.250 e. The van der Waals surface area contributed by atoms with E-state index in [1.165, 1.54) is 0 Å². The first-order valence-electron chi connectivity index (χ1n) is 5.03. The Hall–Kier alpha value is -1.43. The van der Waals surface area contributed by atoms with E-state index in [-0.39, 0.29) is 19.1 Å². The minimum atomic E-state index is -0.217. The third-order valence-corrected chi connectivity index (χ3v) is 1.92. The molecule has 1 aromatic rings. The number of nitrogens with two attached hydrogens (primary N) is 1. The fraction of sp³-hybridized carbons (Fsp3) is 0.364. The van der Waals surface area contributed by atoms with Crippen LogP contribution in [0.4, 0.5) is 5.69 Å². The van der Waals surface area contributed by atoms with Gasteiger partial charge < -0.3 is 20.9 Å². The number of hydrogen-bond acceptors (Lipinski definition) is 4. The van der Waals surface area contributed by atoms with Crippen LogP contribution in [0.1, 0.15) is 5.56 Å². The number of benzene rings is 1. The Bertz CT molecular complexity index is 325. The average molecular weight is 224 g/mol. The monoisotopic (exact) mass is 224 g/mol. The minimum Gasteiger partial charge on any atom is -0.392 e. The smallest absolute Gasteiger partial charge is 0.250 e. The number of amides is 1. The normalized spacial score (nSPS) is 10.1. The molecule has 0 bridgehead atoms. The minimum absolute atomic E-state index is 0.00104. The lowest BCUT2D eigenvalue weighted by Crippen LogP contribution is -2.20. The van der Waals surface area contributed by atoms with Gasteiger partial charge in [0.05, 0.1) is 13.2 Å². The molecule has 88 valence electrons. The van der Waals surface area contributed by atoms with E-state index >= 15 is 0 Å². The zero-order valence-electron chi connectivity index (χ0n) is 8.98. The molecule has 0 saturated carbocycles. The van der Waals surface area contributed by atoms with E-state index in [0.29, 0.717) is 18.8 Å². The molecule has 0 radical (unpaired) electrons. The number of nitrogens with one attached hydrogen (secondary N) is 1. The van der Waals surface area contributed by atoms with E-state index in [9.17, 15) is 4.79 Å². The van der Waals surface area contributed by atoms with Gasteiger partial charge in [-0.05, 0) is 17.7 Å². The standard InChI is InChI=1S/C11H16N2O3/c12-5-6-16-8-11(15)13-10-3-1-9(7-14)2-4-10/h1-4,14H,5-8,12H2,(H,13,15). The largest absolute Gasteiger partial charge is 0.392 e. The first kappa shape index (κ1) is 12.6. The predicted molar refractivity (Wildman–Crippen MR) is 60.9 cm³/mol. The van der Waals surface area contributed by atoms with Crippen LogP contribution in [0.5, 0.6) is 0 Å². The van der Waals surface area contributed by atoms with Crippen LogP contribution in [0, 0.1) is 0 Å². The summed E-state index contributed by atoms with van der Waals surface area (Å²) in [5.74, 6) is -0.217. The number of aliphatic hydroxyl groups is 1. The van der Waals surface area contributed by atoms with Crippen molar-refractivity contribution in [1.29, 1.82) is 0 Å². The molecule has 0 atom stereocenters. The summed E-state index contributed by atoms with van der Waals surface area (Å²) in [5.41, 5.74) is 6.70. The Morgan fingerprint density at radius 3 is 2.62 bits per heavy atom. The van der Waals surface area contributed by atoms with E-state index in [1.807, 2.05) is 0 Å². The van der Waals surface area contributed by atoms with Crippen molar-refractivity contribution in [2.24, 2.45) is 5.73 Å². The maximum absolute atomic E-state index is 11.3. The molecular formula is C11H16N2O3. The van der Waals surface area contributed by atoms with Crippen molar-refractivity contribution in [2.45, 2.75) is 6.61 Å². The summed E-state index contributed by atoms with van der Waals surface area (Å²) in [7, 11) is 0. The molecule has 5 heteroatoms. The summed E-state index contributed by atoms with van der Waals surface area (Å²) in [6.07, 6.45) is 0. The summed E-state index contributed by atoms with van der Waals surface area (Å²) in [6, 6.07) is 6.95. The Morgan fingerprint density at radius 1 is 1.38 bits per heavy atom. The maximum atomic E-state index is 11.3. The first-order chi connectivity index (χ1) is 7.76. The molecular weight excluding hydrogens is 208 g/mol. The van der Waals surface area contributed by atoms with Crippen molar-refractivity contribution < 1.29 is 14.6 Å². The van der Waals surface area contributed by atoms with E-state index in [0.717, 1.165) is 5.56 Å². The van der Waals surface area contributed by atoms with Crippen LogP contribution in [0.25, 0.3) is 0 Å². The average Bonchev–Trinajstić information content (AvgIpc) is 2.30. The lowest BCUT2D eigenvalue weighted by Gasteiger charge is -2.06. The molecule has 0 fully saturated rings. The fourth-order valence-corrected chi connectivity index (χ4v) is 1.14. The Kier molecular flexibility index (Phi) is 5.49. The van der Waals surface area contributed by atoms with Crippen molar-refractivity contribution in [3.05, 3.63) is 29.8 Å². The van der Waals surface area contributed by atoms with Gasteiger partial charge in [0.15, 0.2) is 0 Å². The molecule has 0 aromatic heterocycles. The summed E-state index contributed by atoms with van der Waals surface area (Å²) >= 11 is 0. The van der Waals surface area contributed by atoms with Crippen molar-refractivity contribution >= 4 is 11.6 Å². The van der Waals surface area contributed by atoms with Gasteiger partial charge in [0.1, 0.15) is 6.61 Å². The van der Waals surface area contributed by atoms with Crippen LogP contribution < -0.4 is 11.1 Å².